The number of ether oxygens (including phenoxy) is 3. The molecule has 6 nitrogen and oxygen atoms in total. The van der Waals surface area contributed by atoms with Gasteiger partial charge in [-0.05, 0) is 58.7 Å². The summed E-state index contributed by atoms with van der Waals surface area (Å²) < 4.78 is 18.2. The lowest BCUT2D eigenvalue weighted by Crippen LogP contribution is -2.24. The fourth-order valence-electron chi connectivity index (χ4n) is 3.79. The summed E-state index contributed by atoms with van der Waals surface area (Å²) in [5.74, 6) is 1.30. The maximum Gasteiger partial charge on any atom is 0.277 e. The van der Waals surface area contributed by atoms with Gasteiger partial charge in [-0.2, -0.15) is 5.10 Å². The fourth-order valence-corrected chi connectivity index (χ4v) is 4.24. The fraction of sp³-hybridized carbons (Fsp3) is 0.133. The van der Waals surface area contributed by atoms with Crippen molar-refractivity contribution in [1.29, 1.82) is 0 Å². The predicted molar refractivity (Wildman–Crippen MR) is 151 cm³/mol. The largest absolute Gasteiger partial charge is 0.493 e. The molecule has 0 aromatic heterocycles. The first-order valence-electron chi connectivity index (χ1n) is 11.7. The number of carbonyl (C=O) groups is 1. The number of amides is 1. The molecule has 0 aliphatic heterocycles. The molecule has 0 saturated carbocycles. The number of methoxy groups -OCH3 is 1. The van der Waals surface area contributed by atoms with Crippen LogP contribution in [0.25, 0.3) is 10.8 Å². The lowest BCUT2D eigenvalue weighted by atomic mass is 10.0. The van der Waals surface area contributed by atoms with E-state index < -0.39 is 5.91 Å². The van der Waals surface area contributed by atoms with Gasteiger partial charge in [0.25, 0.3) is 5.91 Å². The van der Waals surface area contributed by atoms with Crippen LogP contribution in [-0.2, 0) is 17.8 Å². The molecule has 37 heavy (non-hydrogen) atoms. The molecule has 0 unspecified atom stereocenters. The van der Waals surface area contributed by atoms with Crippen molar-refractivity contribution in [3.8, 4) is 17.2 Å². The molecule has 188 valence electrons. The van der Waals surface area contributed by atoms with E-state index in [2.05, 4.69) is 33.0 Å². The standard InChI is InChI=1S/C30H27BrN2O4/c1-3-7-21-12-14-28(29(17-21)35-2)37-20-30(34)33-32-18-26-25-11-5-4-9-23(25)13-15-27(26)36-19-22-8-6-10-24(31)16-22/h3-6,8-18H,1,7,19-20H2,2H3,(H,33,34). The number of rotatable bonds is 11. The number of carbonyl (C=O) groups excluding carboxylic acids is 1. The van der Waals surface area contributed by atoms with Gasteiger partial charge in [0.15, 0.2) is 18.1 Å². The average molecular weight is 559 g/mol. The maximum absolute atomic E-state index is 12.4. The van der Waals surface area contributed by atoms with Crippen molar-refractivity contribution < 1.29 is 19.0 Å². The lowest BCUT2D eigenvalue weighted by molar-refractivity contribution is -0.123. The zero-order valence-electron chi connectivity index (χ0n) is 20.4. The van der Waals surface area contributed by atoms with Crippen molar-refractivity contribution in [1.82, 2.24) is 5.43 Å². The third-order valence-corrected chi connectivity index (χ3v) is 6.06. The molecule has 0 radical (unpaired) electrons. The number of benzene rings is 4. The summed E-state index contributed by atoms with van der Waals surface area (Å²) in [6, 6.07) is 25.4. The van der Waals surface area contributed by atoms with Crippen molar-refractivity contribution >= 4 is 38.8 Å². The first kappa shape index (κ1) is 26.0. The Morgan fingerprint density at radius 1 is 0.946 bits per heavy atom. The van der Waals surface area contributed by atoms with Gasteiger partial charge in [0.2, 0.25) is 0 Å². The molecule has 4 aromatic rings. The van der Waals surface area contributed by atoms with Crippen LogP contribution in [0.3, 0.4) is 0 Å². The van der Waals surface area contributed by atoms with Crippen LogP contribution in [0.2, 0.25) is 0 Å². The molecule has 0 bridgehead atoms. The zero-order valence-corrected chi connectivity index (χ0v) is 22.0. The Morgan fingerprint density at radius 3 is 2.59 bits per heavy atom. The summed E-state index contributed by atoms with van der Waals surface area (Å²) in [5.41, 5.74) is 5.38. The molecular weight excluding hydrogens is 532 g/mol. The van der Waals surface area contributed by atoms with E-state index in [1.54, 1.807) is 19.4 Å². The Hall–Kier alpha value is -4.10. The number of hydrogen-bond acceptors (Lipinski definition) is 5. The third kappa shape index (κ3) is 6.98. The van der Waals surface area contributed by atoms with E-state index >= 15 is 0 Å². The van der Waals surface area contributed by atoms with Crippen LogP contribution in [0.5, 0.6) is 17.2 Å². The smallest absolute Gasteiger partial charge is 0.277 e. The van der Waals surface area contributed by atoms with Crippen molar-refractivity contribution in [2.24, 2.45) is 5.10 Å². The van der Waals surface area contributed by atoms with E-state index in [1.807, 2.05) is 78.9 Å². The highest BCUT2D eigenvalue weighted by molar-refractivity contribution is 9.10. The third-order valence-electron chi connectivity index (χ3n) is 5.56. The highest BCUT2D eigenvalue weighted by atomic mass is 79.9. The summed E-state index contributed by atoms with van der Waals surface area (Å²) in [7, 11) is 1.56. The average Bonchev–Trinajstić information content (AvgIpc) is 2.91. The molecule has 0 heterocycles. The summed E-state index contributed by atoms with van der Waals surface area (Å²) in [5, 5.41) is 6.19. The van der Waals surface area contributed by atoms with Gasteiger partial charge in [0, 0.05) is 10.0 Å². The monoisotopic (exact) mass is 558 g/mol. The van der Waals surface area contributed by atoms with Gasteiger partial charge in [0.05, 0.1) is 13.3 Å². The SMILES string of the molecule is C=CCc1ccc(OCC(=O)NN=Cc2c(OCc3cccc(Br)c3)ccc3ccccc23)c(OC)c1. The highest BCUT2D eigenvalue weighted by Crippen LogP contribution is 2.29. The van der Waals surface area contributed by atoms with E-state index in [9.17, 15) is 4.79 Å². The van der Waals surface area contributed by atoms with Gasteiger partial charge in [-0.25, -0.2) is 5.43 Å². The van der Waals surface area contributed by atoms with Crippen LogP contribution < -0.4 is 19.6 Å². The maximum atomic E-state index is 12.4. The highest BCUT2D eigenvalue weighted by Gasteiger charge is 2.10. The molecule has 0 fully saturated rings. The number of nitrogens with one attached hydrogen (secondary N) is 1. The first-order valence-corrected chi connectivity index (χ1v) is 12.5. The normalized spacial score (nSPS) is 10.9. The number of hydrogen-bond donors (Lipinski definition) is 1. The predicted octanol–water partition coefficient (Wildman–Crippen LogP) is 6.45. The van der Waals surface area contributed by atoms with Crippen LogP contribution >= 0.6 is 15.9 Å². The van der Waals surface area contributed by atoms with E-state index in [0.29, 0.717) is 30.3 Å². The summed E-state index contributed by atoms with van der Waals surface area (Å²) in [6.07, 6.45) is 4.13. The van der Waals surface area contributed by atoms with E-state index in [4.69, 9.17) is 14.2 Å². The minimum Gasteiger partial charge on any atom is -0.493 e. The topological polar surface area (TPSA) is 69.2 Å². The van der Waals surface area contributed by atoms with Crippen LogP contribution in [-0.4, -0.2) is 25.8 Å². The Kier molecular flexibility index (Phi) is 8.94. The van der Waals surface area contributed by atoms with Gasteiger partial charge < -0.3 is 14.2 Å². The van der Waals surface area contributed by atoms with Crippen LogP contribution in [0.15, 0.2) is 101 Å². The Balaban J connectivity index is 1.44. The van der Waals surface area contributed by atoms with Crippen molar-refractivity contribution in [2.75, 3.05) is 13.7 Å². The minimum atomic E-state index is -0.398. The zero-order chi connectivity index (χ0) is 26.0. The van der Waals surface area contributed by atoms with Crippen molar-refractivity contribution in [3.05, 3.63) is 113 Å². The molecular formula is C30H27BrN2O4. The number of halogens is 1. The molecule has 7 heteroatoms. The molecule has 0 aliphatic carbocycles. The molecule has 0 saturated heterocycles. The molecule has 1 N–H and O–H groups in total. The van der Waals surface area contributed by atoms with Crippen molar-refractivity contribution in [3.63, 3.8) is 0 Å². The van der Waals surface area contributed by atoms with Gasteiger partial charge in [0.1, 0.15) is 12.4 Å². The summed E-state index contributed by atoms with van der Waals surface area (Å²) in [6.45, 7) is 3.93. The van der Waals surface area contributed by atoms with Gasteiger partial charge in [-0.15, -0.1) is 6.58 Å². The Bertz CT molecular complexity index is 1430. The number of allylic oxidation sites excluding steroid dienone is 1. The van der Waals surface area contributed by atoms with Gasteiger partial charge >= 0.3 is 0 Å². The lowest BCUT2D eigenvalue weighted by Gasteiger charge is -2.12. The Labute approximate surface area is 224 Å². The summed E-state index contributed by atoms with van der Waals surface area (Å²) in [4.78, 5) is 12.4. The minimum absolute atomic E-state index is 0.212. The number of nitrogens with zero attached hydrogens (tertiary/aromatic N) is 1. The molecule has 4 rings (SSSR count). The Morgan fingerprint density at radius 2 is 1.78 bits per heavy atom. The second kappa shape index (κ2) is 12.7. The van der Waals surface area contributed by atoms with Gasteiger partial charge in [-0.1, -0.05) is 70.5 Å². The molecule has 4 aromatic carbocycles. The summed E-state index contributed by atoms with van der Waals surface area (Å²) >= 11 is 3.49. The van der Waals surface area contributed by atoms with Crippen LogP contribution in [0, 0.1) is 0 Å². The van der Waals surface area contributed by atoms with Gasteiger partial charge in [-0.3, -0.25) is 4.79 Å². The molecule has 1 amide bonds. The van der Waals surface area contributed by atoms with Crippen LogP contribution in [0.1, 0.15) is 16.7 Å². The van der Waals surface area contributed by atoms with E-state index in [1.165, 1.54) is 0 Å². The van der Waals surface area contributed by atoms with E-state index in [0.717, 1.165) is 31.9 Å². The number of fused-ring (bicyclic) bond motifs is 1. The molecule has 0 aliphatic rings. The molecule has 0 atom stereocenters. The quantitative estimate of drug-likeness (QED) is 0.130. The number of hydrazone groups is 1. The van der Waals surface area contributed by atoms with Crippen LogP contribution in [0.4, 0.5) is 0 Å². The first-order chi connectivity index (χ1) is 18.1. The van der Waals surface area contributed by atoms with E-state index in [-0.39, 0.29) is 6.61 Å². The second-order valence-corrected chi connectivity index (χ2v) is 9.09. The van der Waals surface area contributed by atoms with Crippen molar-refractivity contribution in [2.45, 2.75) is 13.0 Å². The molecule has 0 spiro atoms. The second-order valence-electron chi connectivity index (χ2n) is 8.18.